The van der Waals surface area contributed by atoms with E-state index in [1.807, 2.05) is 0 Å². The smallest absolute Gasteiger partial charge is 0.263 e. The molecule has 1 aliphatic heterocycles. The molecule has 1 atom stereocenters. The number of hydrogen-bond donors (Lipinski definition) is 1. The van der Waals surface area contributed by atoms with Gasteiger partial charge in [-0.15, -0.1) is 11.8 Å². The lowest BCUT2D eigenvalue weighted by Crippen LogP contribution is -2.25. The van der Waals surface area contributed by atoms with Gasteiger partial charge in [-0.1, -0.05) is 0 Å². The van der Waals surface area contributed by atoms with Crippen molar-refractivity contribution in [3.8, 4) is 0 Å². The molecule has 5 nitrogen and oxygen atoms in total. The van der Waals surface area contributed by atoms with Gasteiger partial charge in [0.15, 0.2) is 0 Å². The molecule has 1 heterocycles. The van der Waals surface area contributed by atoms with Crippen LogP contribution in [0.4, 0.5) is 0 Å². The SMILES string of the molecule is CSC(=C[N+](=O)[O-])NC[C@H]1CCCO1. The molecule has 1 rings (SSSR count). The molecule has 0 spiro atoms. The minimum Gasteiger partial charge on any atom is -0.376 e. The van der Waals surface area contributed by atoms with Crippen molar-refractivity contribution in [3.05, 3.63) is 21.3 Å². The summed E-state index contributed by atoms with van der Waals surface area (Å²) in [6.45, 7) is 1.46. The summed E-state index contributed by atoms with van der Waals surface area (Å²) in [5, 5.41) is 13.8. The van der Waals surface area contributed by atoms with Crippen molar-refractivity contribution in [1.82, 2.24) is 5.32 Å². The number of rotatable bonds is 5. The minimum absolute atomic E-state index is 0.206. The number of nitro groups is 1. The predicted molar refractivity (Wildman–Crippen MR) is 55.6 cm³/mol. The molecule has 0 aromatic heterocycles. The van der Waals surface area contributed by atoms with Gasteiger partial charge in [0.2, 0.25) is 0 Å². The van der Waals surface area contributed by atoms with Gasteiger partial charge in [-0.05, 0) is 19.1 Å². The van der Waals surface area contributed by atoms with Crippen LogP contribution in [0.5, 0.6) is 0 Å². The molecule has 1 saturated heterocycles. The summed E-state index contributed by atoms with van der Waals surface area (Å²) in [7, 11) is 0. The maximum atomic E-state index is 10.2. The summed E-state index contributed by atoms with van der Waals surface area (Å²) in [5.41, 5.74) is 0. The van der Waals surface area contributed by atoms with Gasteiger partial charge in [-0.2, -0.15) is 0 Å². The van der Waals surface area contributed by atoms with E-state index in [2.05, 4.69) is 5.32 Å². The van der Waals surface area contributed by atoms with E-state index >= 15 is 0 Å². The van der Waals surface area contributed by atoms with Crippen LogP contribution in [0.2, 0.25) is 0 Å². The molecule has 0 unspecified atom stereocenters. The van der Waals surface area contributed by atoms with E-state index in [1.54, 1.807) is 6.26 Å². The van der Waals surface area contributed by atoms with E-state index in [4.69, 9.17) is 4.74 Å². The molecule has 80 valence electrons. The molecular formula is C8H14N2O3S. The summed E-state index contributed by atoms with van der Waals surface area (Å²) in [6.07, 6.45) is 5.11. The molecule has 0 radical (unpaired) electrons. The van der Waals surface area contributed by atoms with Crippen LogP contribution in [-0.2, 0) is 4.74 Å². The van der Waals surface area contributed by atoms with Crippen LogP contribution < -0.4 is 5.32 Å². The van der Waals surface area contributed by atoms with Gasteiger partial charge < -0.3 is 10.1 Å². The Bertz CT molecular complexity index is 227. The number of nitrogens with zero attached hydrogens (tertiary/aromatic N) is 1. The van der Waals surface area contributed by atoms with Crippen LogP contribution in [0, 0.1) is 10.1 Å². The highest BCUT2D eigenvalue weighted by Crippen LogP contribution is 2.13. The van der Waals surface area contributed by atoms with Crippen molar-refractivity contribution in [2.45, 2.75) is 18.9 Å². The number of thioether (sulfide) groups is 1. The van der Waals surface area contributed by atoms with Crippen LogP contribution >= 0.6 is 11.8 Å². The molecule has 1 aliphatic rings. The number of nitrogens with one attached hydrogen (secondary N) is 1. The first kappa shape index (κ1) is 11.3. The van der Waals surface area contributed by atoms with Crippen LogP contribution in [0.1, 0.15) is 12.8 Å². The lowest BCUT2D eigenvalue weighted by Gasteiger charge is -2.11. The summed E-state index contributed by atoms with van der Waals surface area (Å²) in [4.78, 5) is 9.76. The minimum atomic E-state index is -0.450. The zero-order chi connectivity index (χ0) is 10.4. The maximum Gasteiger partial charge on any atom is 0.263 e. The molecule has 1 N–H and O–H groups in total. The zero-order valence-electron chi connectivity index (χ0n) is 8.06. The van der Waals surface area contributed by atoms with Crippen molar-refractivity contribution in [2.75, 3.05) is 19.4 Å². The second-order valence-electron chi connectivity index (χ2n) is 3.00. The molecule has 0 aliphatic carbocycles. The van der Waals surface area contributed by atoms with Gasteiger partial charge in [-0.25, -0.2) is 0 Å². The highest BCUT2D eigenvalue weighted by atomic mass is 32.2. The molecule has 6 heteroatoms. The average molecular weight is 218 g/mol. The molecule has 0 aromatic carbocycles. The van der Waals surface area contributed by atoms with Gasteiger partial charge >= 0.3 is 0 Å². The zero-order valence-corrected chi connectivity index (χ0v) is 8.88. The third kappa shape index (κ3) is 3.97. The van der Waals surface area contributed by atoms with Gasteiger partial charge in [0.25, 0.3) is 6.20 Å². The Morgan fingerprint density at radius 3 is 3.14 bits per heavy atom. The van der Waals surface area contributed by atoms with Gasteiger partial charge in [0.05, 0.1) is 11.0 Å². The average Bonchev–Trinajstić information content (AvgIpc) is 2.64. The molecule has 1 fully saturated rings. The quantitative estimate of drug-likeness (QED) is 0.554. The lowest BCUT2D eigenvalue weighted by atomic mass is 10.2. The standard InChI is InChI=1S/C8H14N2O3S/c1-14-8(6-10(11)12)9-5-7-3-2-4-13-7/h6-7,9H,2-5H2,1H3/t7-/m1/s1. The number of hydrogen-bond acceptors (Lipinski definition) is 5. The molecule has 0 saturated carbocycles. The Hall–Kier alpha value is -0.750. The Morgan fingerprint density at radius 2 is 2.64 bits per heavy atom. The largest absolute Gasteiger partial charge is 0.376 e. The van der Waals surface area contributed by atoms with Crippen molar-refractivity contribution in [1.29, 1.82) is 0 Å². The lowest BCUT2D eigenvalue weighted by molar-refractivity contribution is -0.403. The monoisotopic (exact) mass is 218 g/mol. The molecule has 0 aromatic rings. The van der Waals surface area contributed by atoms with Crippen molar-refractivity contribution < 1.29 is 9.66 Å². The predicted octanol–water partition coefficient (Wildman–Crippen LogP) is 1.19. The van der Waals surface area contributed by atoms with Crippen LogP contribution in [0.3, 0.4) is 0 Å². The highest BCUT2D eigenvalue weighted by molar-refractivity contribution is 8.02. The summed E-state index contributed by atoms with van der Waals surface area (Å²) in [6, 6.07) is 0. The second-order valence-corrected chi connectivity index (χ2v) is 3.85. The molecule has 14 heavy (non-hydrogen) atoms. The van der Waals surface area contributed by atoms with Crippen LogP contribution in [-0.4, -0.2) is 30.4 Å². The van der Waals surface area contributed by atoms with Gasteiger partial charge in [0.1, 0.15) is 5.03 Å². The Kier molecular flexibility index (Phi) is 4.75. The first-order valence-corrected chi connectivity index (χ1v) is 5.69. The second kappa shape index (κ2) is 5.87. The van der Waals surface area contributed by atoms with Gasteiger partial charge in [0, 0.05) is 13.2 Å². The van der Waals surface area contributed by atoms with Crippen molar-refractivity contribution >= 4 is 11.8 Å². The molecule has 0 amide bonds. The van der Waals surface area contributed by atoms with E-state index in [-0.39, 0.29) is 6.10 Å². The van der Waals surface area contributed by atoms with E-state index in [9.17, 15) is 10.1 Å². The maximum absolute atomic E-state index is 10.2. The normalized spacial score (nSPS) is 22.4. The molecular weight excluding hydrogens is 204 g/mol. The Labute approximate surface area is 87.0 Å². The number of ether oxygens (including phenoxy) is 1. The van der Waals surface area contributed by atoms with E-state index in [0.29, 0.717) is 11.6 Å². The van der Waals surface area contributed by atoms with Crippen LogP contribution in [0.25, 0.3) is 0 Å². The van der Waals surface area contributed by atoms with Gasteiger partial charge in [-0.3, -0.25) is 10.1 Å². The van der Waals surface area contributed by atoms with E-state index in [0.717, 1.165) is 25.6 Å². The fourth-order valence-corrected chi connectivity index (χ4v) is 1.71. The first-order valence-electron chi connectivity index (χ1n) is 4.47. The van der Waals surface area contributed by atoms with Crippen molar-refractivity contribution in [2.24, 2.45) is 0 Å². The van der Waals surface area contributed by atoms with Crippen LogP contribution in [0.15, 0.2) is 11.2 Å². The topological polar surface area (TPSA) is 64.4 Å². The Morgan fingerprint density at radius 1 is 1.86 bits per heavy atom. The summed E-state index contributed by atoms with van der Waals surface area (Å²) >= 11 is 1.33. The molecule has 0 bridgehead atoms. The highest BCUT2D eigenvalue weighted by Gasteiger charge is 2.15. The third-order valence-corrected chi connectivity index (χ3v) is 2.66. The fraction of sp³-hybridized carbons (Fsp3) is 0.750. The fourth-order valence-electron chi connectivity index (χ4n) is 1.29. The first-order chi connectivity index (χ1) is 6.72. The Balaban J connectivity index is 2.29. The van der Waals surface area contributed by atoms with E-state index in [1.165, 1.54) is 11.8 Å². The van der Waals surface area contributed by atoms with E-state index < -0.39 is 4.92 Å². The third-order valence-electron chi connectivity index (χ3n) is 1.97. The summed E-state index contributed by atoms with van der Waals surface area (Å²) in [5.74, 6) is 0. The summed E-state index contributed by atoms with van der Waals surface area (Å²) < 4.78 is 5.38. The van der Waals surface area contributed by atoms with Crippen molar-refractivity contribution in [3.63, 3.8) is 0 Å².